The zero-order valence-electron chi connectivity index (χ0n) is 15.8. The van der Waals surface area contributed by atoms with Gasteiger partial charge in [-0.1, -0.05) is 48.0 Å². The molecule has 6 heteroatoms. The summed E-state index contributed by atoms with van der Waals surface area (Å²) in [6.07, 6.45) is 1.34. The minimum absolute atomic E-state index is 0.0741. The van der Waals surface area contributed by atoms with Crippen LogP contribution in [0.15, 0.2) is 54.6 Å². The second kappa shape index (κ2) is 8.07. The fraction of sp³-hybridized carbons (Fsp3) is 0.273. The summed E-state index contributed by atoms with van der Waals surface area (Å²) in [7, 11) is 0. The zero-order valence-corrected chi connectivity index (χ0v) is 16.5. The maximum atomic E-state index is 12.4. The lowest BCUT2D eigenvalue weighted by Gasteiger charge is -2.16. The van der Waals surface area contributed by atoms with E-state index in [9.17, 15) is 4.79 Å². The lowest BCUT2D eigenvalue weighted by molar-refractivity contribution is -0.121. The Morgan fingerprint density at radius 1 is 1.25 bits per heavy atom. The number of anilines is 1. The van der Waals surface area contributed by atoms with Crippen molar-refractivity contribution in [1.29, 1.82) is 0 Å². The van der Waals surface area contributed by atoms with Crippen LogP contribution < -0.4 is 10.2 Å². The highest BCUT2D eigenvalue weighted by Crippen LogP contribution is 2.25. The largest absolute Gasteiger partial charge is 0.353 e. The van der Waals surface area contributed by atoms with Crippen molar-refractivity contribution in [3.8, 4) is 11.3 Å². The van der Waals surface area contributed by atoms with Gasteiger partial charge in [-0.2, -0.15) is 5.10 Å². The summed E-state index contributed by atoms with van der Waals surface area (Å²) in [5.41, 5.74) is 4.23. The summed E-state index contributed by atoms with van der Waals surface area (Å²) in [6.45, 7) is 3.68. The van der Waals surface area contributed by atoms with Crippen LogP contribution in [0.3, 0.4) is 0 Å². The molecule has 1 atom stereocenters. The molecule has 1 fully saturated rings. The van der Waals surface area contributed by atoms with Gasteiger partial charge in [0.1, 0.15) is 0 Å². The fourth-order valence-electron chi connectivity index (χ4n) is 3.60. The van der Waals surface area contributed by atoms with Crippen LogP contribution in [0.1, 0.15) is 17.5 Å². The molecule has 1 amide bonds. The van der Waals surface area contributed by atoms with Crippen molar-refractivity contribution >= 4 is 23.3 Å². The molecule has 0 aliphatic carbocycles. The molecule has 1 aliphatic rings. The van der Waals surface area contributed by atoms with E-state index in [1.807, 2.05) is 61.5 Å². The van der Waals surface area contributed by atoms with Crippen LogP contribution in [0.4, 0.5) is 5.82 Å². The Bertz CT molecular complexity index is 967. The van der Waals surface area contributed by atoms with Crippen molar-refractivity contribution in [2.24, 2.45) is 0 Å². The normalized spacial score (nSPS) is 16.4. The first-order valence-corrected chi connectivity index (χ1v) is 9.86. The first kappa shape index (κ1) is 18.6. The second-order valence-corrected chi connectivity index (χ2v) is 7.69. The monoisotopic (exact) mass is 394 g/mol. The average molecular weight is 395 g/mol. The Balaban J connectivity index is 1.35. The molecule has 1 saturated heterocycles. The van der Waals surface area contributed by atoms with Crippen LogP contribution in [0.25, 0.3) is 11.3 Å². The van der Waals surface area contributed by atoms with E-state index in [0.29, 0.717) is 11.4 Å². The quantitative estimate of drug-likeness (QED) is 0.688. The number of nitrogens with zero attached hydrogens (tertiary/aromatic N) is 2. The molecule has 2 aromatic carbocycles. The molecule has 3 aromatic rings. The van der Waals surface area contributed by atoms with Gasteiger partial charge >= 0.3 is 0 Å². The minimum atomic E-state index is 0.0741. The van der Waals surface area contributed by atoms with Gasteiger partial charge in [0.2, 0.25) is 5.91 Å². The molecule has 1 aromatic heterocycles. The topological polar surface area (TPSA) is 61.0 Å². The van der Waals surface area contributed by atoms with Gasteiger partial charge in [-0.05, 0) is 42.2 Å². The summed E-state index contributed by atoms with van der Waals surface area (Å²) in [4.78, 5) is 14.6. The lowest BCUT2D eigenvalue weighted by atomic mass is 10.1. The van der Waals surface area contributed by atoms with Crippen LogP contribution >= 0.6 is 11.6 Å². The third kappa shape index (κ3) is 4.20. The molecule has 0 unspecified atom stereocenters. The van der Waals surface area contributed by atoms with Crippen molar-refractivity contribution in [3.63, 3.8) is 0 Å². The summed E-state index contributed by atoms with van der Waals surface area (Å²) in [5, 5.41) is 11.4. The van der Waals surface area contributed by atoms with Gasteiger partial charge < -0.3 is 10.2 Å². The molecule has 5 nitrogen and oxygen atoms in total. The highest BCUT2D eigenvalue weighted by atomic mass is 35.5. The second-order valence-electron chi connectivity index (χ2n) is 7.25. The molecule has 0 bridgehead atoms. The highest BCUT2D eigenvalue weighted by molar-refractivity contribution is 6.30. The summed E-state index contributed by atoms with van der Waals surface area (Å²) in [5.74, 6) is 0.977. The molecule has 1 aliphatic heterocycles. The number of halogens is 1. The third-order valence-corrected chi connectivity index (χ3v) is 5.46. The molecule has 4 rings (SSSR count). The maximum Gasteiger partial charge on any atom is 0.224 e. The summed E-state index contributed by atoms with van der Waals surface area (Å²) >= 11 is 5.96. The molecule has 0 radical (unpaired) electrons. The SMILES string of the molecule is Cc1ccccc1CC(=O)N[C@H]1CCN(c2cc(-c3ccc(Cl)cc3)[nH]n2)C1. The van der Waals surface area contributed by atoms with Crippen molar-refractivity contribution in [3.05, 3.63) is 70.7 Å². The van der Waals surface area contributed by atoms with E-state index in [2.05, 4.69) is 20.4 Å². The molecule has 0 saturated carbocycles. The number of H-pyrrole nitrogens is 1. The van der Waals surface area contributed by atoms with E-state index >= 15 is 0 Å². The van der Waals surface area contributed by atoms with E-state index in [0.717, 1.165) is 47.7 Å². The van der Waals surface area contributed by atoms with E-state index in [-0.39, 0.29) is 11.9 Å². The summed E-state index contributed by atoms with van der Waals surface area (Å²) in [6, 6.07) is 17.9. The van der Waals surface area contributed by atoms with Gasteiger partial charge in [0, 0.05) is 30.2 Å². The number of amides is 1. The zero-order chi connectivity index (χ0) is 19.5. The maximum absolute atomic E-state index is 12.4. The number of carbonyl (C=O) groups excluding carboxylic acids is 1. The number of nitrogens with one attached hydrogen (secondary N) is 2. The van der Waals surface area contributed by atoms with Crippen molar-refractivity contribution < 1.29 is 4.79 Å². The number of carbonyl (C=O) groups is 1. The predicted molar refractivity (Wildman–Crippen MR) is 113 cm³/mol. The van der Waals surface area contributed by atoms with Gasteiger partial charge in [0.25, 0.3) is 0 Å². The Labute approximate surface area is 169 Å². The average Bonchev–Trinajstić information content (AvgIpc) is 3.34. The van der Waals surface area contributed by atoms with Crippen LogP contribution in [0.2, 0.25) is 5.02 Å². The van der Waals surface area contributed by atoms with Gasteiger partial charge in [-0.25, -0.2) is 0 Å². The molecular formula is C22H23ClN4O. The van der Waals surface area contributed by atoms with Crippen LogP contribution in [-0.4, -0.2) is 35.2 Å². The predicted octanol–water partition coefficient (Wildman–Crippen LogP) is 3.98. The molecule has 144 valence electrons. The van der Waals surface area contributed by atoms with Crippen LogP contribution in [0.5, 0.6) is 0 Å². The van der Waals surface area contributed by atoms with Crippen molar-refractivity contribution in [2.45, 2.75) is 25.8 Å². The Morgan fingerprint density at radius 3 is 2.82 bits per heavy atom. The number of aromatic nitrogens is 2. The summed E-state index contributed by atoms with van der Waals surface area (Å²) < 4.78 is 0. The standard InChI is InChI=1S/C22H23ClN4O/c1-15-4-2-3-5-17(15)12-22(28)24-19-10-11-27(14-19)21-13-20(25-26-21)16-6-8-18(23)9-7-16/h2-9,13,19H,10-12,14H2,1H3,(H,24,28)(H,25,26)/t19-/m0/s1. The van der Waals surface area contributed by atoms with Crippen LogP contribution in [-0.2, 0) is 11.2 Å². The van der Waals surface area contributed by atoms with Crippen LogP contribution in [0, 0.1) is 6.92 Å². The van der Waals surface area contributed by atoms with E-state index in [1.54, 1.807) is 0 Å². The molecule has 0 spiro atoms. The van der Waals surface area contributed by atoms with Gasteiger partial charge in [0.15, 0.2) is 5.82 Å². The highest BCUT2D eigenvalue weighted by Gasteiger charge is 2.25. The van der Waals surface area contributed by atoms with Crippen molar-refractivity contribution in [2.75, 3.05) is 18.0 Å². The molecule has 28 heavy (non-hydrogen) atoms. The number of rotatable bonds is 5. The van der Waals surface area contributed by atoms with E-state index in [1.165, 1.54) is 0 Å². The number of aryl methyl sites for hydroxylation is 1. The number of benzene rings is 2. The number of hydrogen-bond acceptors (Lipinski definition) is 3. The van der Waals surface area contributed by atoms with E-state index in [4.69, 9.17) is 11.6 Å². The molecular weight excluding hydrogens is 372 g/mol. The Morgan fingerprint density at radius 2 is 2.04 bits per heavy atom. The van der Waals surface area contributed by atoms with Gasteiger partial charge in [0.05, 0.1) is 12.1 Å². The first-order valence-electron chi connectivity index (χ1n) is 9.48. The van der Waals surface area contributed by atoms with Gasteiger partial charge in [-0.15, -0.1) is 0 Å². The molecule has 2 heterocycles. The first-order chi connectivity index (χ1) is 13.6. The van der Waals surface area contributed by atoms with Crippen molar-refractivity contribution in [1.82, 2.24) is 15.5 Å². The fourth-order valence-corrected chi connectivity index (χ4v) is 3.72. The number of aromatic amines is 1. The Kier molecular flexibility index (Phi) is 5.35. The van der Waals surface area contributed by atoms with Gasteiger partial charge in [-0.3, -0.25) is 9.89 Å². The molecule has 2 N–H and O–H groups in total. The minimum Gasteiger partial charge on any atom is -0.353 e. The lowest BCUT2D eigenvalue weighted by Crippen LogP contribution is -2.38. The third-order valence-electron chi connectivity index (χ3n) is 5.21. The smallest absolute Gasteiger partial charge is 0.224 e. The van der Waals surface area contributed by atoms with E-state index < -0.39 is 0 Å². The number of hydrogen-bond donors (Lipinski definition) is 2. The Hall–Kier alpha value is -2.79.